The van der Waals surface area contributed by atoms with E-state index in [-0.39, 0.29) is 29.2 Å². The van der Waals surface area contributed by atoms with E-state index >= 15 is 0 Å². The van der Waals surface area contributed by atoms with Crippen molar-refractivity contribution in [3.05, 3.63) is 58.8 Å². The Kier molecular flexibility index (Phi) is 4.47. The molecule has 0 aliphatic rings. The number of rotatable bonds is 5. The van der Waals surface area contributed by atoms with Crippen molar-refractivity contribution in [2.75, 3.05) is 0 Å². The largest absolute Gasteiger partial charge is 0.478 e. The van der Waals surface area contributed by atoms with Crippen molar-refractivity contribution in [2.24, 2.45) is 0 Å². The van der Waals surface area contributed by atoms with Crippen molar-refractivity contribution in [3.8, 4) is 5.88 Å². The molecule has 110 valence electrons. The maximum atomic E-state index is 13.0. The molecule has 1 heterocycles. The van der Waals surface area contributed by atoms with Crippen LogP contribution in [0.25, 0.3) is 0 Å². The molecule has 0 fully saturated rings. The van der Waals surface area contributed by atoms with Crippen LogP contribution in [-0.2, 0) is 6.61 Å². The number of aromatic carboxylic acids is 1. The standard InChI is InChI=1S/C15H13F2NO3/c1-9-4-3-7-18-14(9)21-8-12-10(13(16)17)5-2-6-11(12)15(19)20/h2-7,13H,8H2,1H3,(H,19,20). The van der Waals surface area contributed by atoms with Gasteiger partial charge in [0.25, 0.3) is 6.43 Å². The van der Waals surface area contributed by atoms with Gasteiger partial charge < -0.3 is 9.84 Å². The third kappa shape index (κ3) is 3.34. The molecule has 0 aliphatic carbocycles. The van der Waals surface area contributed by atoms with Gasteiger partial charge in [-0.15, -0.1) is 0 Å². The third-order valence-corrected chi connectivity index (χ3v) is 2.99. The second-order valence-electron chi connectivity index (χ2n) is 4.39. The minimum Gasteiger partial charge on any atom is -0.478 e. The quantitative estimate of drug-likeness (QED) is 0.915. The Morgan fingerprint density at radius 2 is 2.10 bits per heavy atom. The summed E-state index contributed by atoms with van der Waals surface area (Å²) >= 11 is 0. The molecule has 0 spiro atoms. The lowest BCUT2D eigenvalue weighted by Crippen LogP contribution is -2.10. The van der Waals surface area contributed by atoms with Crippen LogP contribution in [0.15, 0.2) is 36.5 Å². The van der Waals surface area contributed by atoms with Gasteiger partial charge in [-0.1, -0.05) is 18.2 Å². The first-order chi connectivity index (χ1) is 10.0. The number of aromatic nitrogens is 1. The number of pyridine rings is 1. The van der Waals surface area contributed by atoms with Crippen molar-refractivity contribution in [1.82, 2.24) is 4.98 Å². The van der Waals surface area contributed by atoms with Gasteiger partial charge in [-0.3, -0.25) is 0 Å². The van der Waals surface area contributed by atoms with Gasteiger partial charge in [0.05, 0.1) is 5.56 Å². The number of halogens is 2. The van der Waals surface area contributed by atoms with E-state index in [1.54, 1.807) is 19.1 Å². The molecule has 1 aromatic heterocycles. The molecule has 0 unspecified atom stereocenters. The van der Waals surface area contributed by atoms with Crippen LogP contribution in [0.3, 0.4) is 0 Å². The summed E-state index contributed by atoms with van der Waals surface area (Å²) in [5.41, 5.74) is 0.166. The minimum atomic E-state index is -2.77. The zero-order chi connectivity index (χ0) is 15.4. The highest BCUT2D eigenvalue weighted by molar-refractivity contribution is 5.89. The summed E-state index contributed by atoms with van der Waals surface area (Å²) in [4.78, 5) is 15.1. The second-order valence-corrected chi connectivity index (χ2v) is 4.39. The second kappa shape index (κ2) is 6.30. The number of carboxylic acids is 1. The van der Waals surface area contributed by atoms with E-state index < -0.39 is 12.4 Å². The molecule has 21 heavy (non-hydrogen) atoms. The lowest BCUT2D eigenvalue weighted by Gasteiger charge is -2.13. The number of benzene rings is 1. The summed E-state index contributed by atoms with van der Waals surface area (Å²) in [6, 6.07) is 7.25. The van der Waals surface area contributed by atoms with Gasteiger partial charge in [0.1, 0.15) is 6.61 Å². The predicted molar refractivity (Wildman–Crippen MR) is 71.7 cm³/mol. The fourth-order valence-corrected chi connectivity index (χ4v) is 1.93. The first kappa shape index (κ1) is 14.9. The molecule has 0 amide bonds. The van der Waals surface area contributed by atoms with E-state index in [2.05, 4.69) is 4.98 Å². The van der Waals surface area contributed by atoms with Crippen LogP contribution < -0.4 is 4.74 Å². The van der Waals surface area contributed by atoms with Crippen LogP contribution in [0.4, 0.5) is 8.78 Å². The first-order valence-corrected chi connectivity index (χ1v) is 6.18. The summed E-state index contributed by atoms with van der Waals surface area (Å²) in [6.45, 7) is 1.49. The van der Waals surface area contributed by atoms with Crippen LogP contribution in [0.1, 0.15) is 33.5 Å². The maximum Gasteiger partial charge on any atom is 0.336 e. The van der Waals surface area contributed by atoms with Gasteiger partial charge in [-0.25, -0.2) is 18.6 Å². The monoisotopic (exact) mass is 293 g/mol. The van der Waals surface area contributed by atoms with Gasteiger partial charge in [0.2, 0.25) is 5.88 Å². The Hall–Kier alpha value is -2.50. The van der Waals surface area contributed by atoms with Crippen molar-refractivity contribution in [3.63, 3.8) is 0 Å². The van der Waals surface area contributed by atoms with Gasteiger partial charge >= 0.3 is 5.97 Å². The highest BCUT2D eigenvalue weighted by Gasteiger charge is 2.20. The molecular weight excluding hydrogens is 280 g/mol. The maximum absolute atomic E-state index is 13.0. The lowest BCUT2D eigenvalue weighted by atomic mass is 10.0. The molecule has 1 N–H and O–H groups in total. The summed E-state index contributed by atoms with van der Waals surface area (Å²) in [5, 5.41) is 9.11. The normalized spacial score (nSPS) is 10.7. The molecule has 0 aliphatic heterocycles. The fraction of sp³-hybridized carbons (Fsp3) is 0.200. The lowest BCUT2D eigenvalue weighted by molar-refractivity contribution is 0.0693. The Balaban J connectivity index is 2.34. The van der Waals surface area contributed by atoms with Crippen LogP contribution in [0.5, 0.6) is 5.88 Å². The van der Waals surface area contributed by atoms with E-state index in [0.717, 1.165) is 5.56 Å². The molecule has 0 saturated carbocycles. The molecule has 0 saturated heterocycles. The SMILES string of the molecule is Cc1cccnc1OCc1c(C(=O)O)cccc1C(F)F. The number of ether oxygens (including phenoxy) is 1. The van der Waals surface area contributed by atoms with Gasteiger partial charge in [-0.2, -0.15) is 0 Å². The van der Waals surface area contributed by atoms with Crippen molar-refractivity contribution >= 4 is 5.97 Å². The first-order valence-electron chi connectivity index (χ1n) is 6.18. The average Bonchev–Trinajstić information content (AvgIpc) is 2.45. The number of nitrogens with zero attached hydrogens (tertiary/aromatic N) is 1. The van der Waals surface area contributed by atoms with Gasteiger partial charge in [0.15, 0.2) is 0 Å². The van der Waals surface area contributed by atoms with Crippen LogP contribution in [-0.4, -0.2) is 16.1 Å². The highest BCUT2D eigenvalue weighted by Crippen LogP contribution is 2.27. The molecule has 0 radical (unpaired) electrons. The molecule has 0 bridgehead atoms. The van der Waals surface area contributed by atoms with Crippen LogP contribution in [0, 0.1) is 6.92 Å². The zero-order valence-electron chi connectivity index (χ0n) is 11.2. The fourth-order valence-electron chi connectivity index (χ4n) is 1.93. The number of hydrogen-bond acceptors (Lipinski definition) is 3. The number of carbonyl (C=O) groups is 1. The number of carboxylic acid groups (broad SMARTS) is 1. The third-order valence-electron chi connectivity index (χ3n) is 2.99. The summed E-state index contributed by atoms with van der Waals surface area (Å²) in [5.74, 6) is -0.980. The average molecular weight is 293 g/mol. The predicted octanol–water partition coefficient (Wildman–Crippen LogP) is 3.60. The Morgan fingerprint density at radius 3 is 2.71 bits per heavy atom. The van der Waals surface area contributed by atoms with Gasteiger partial charge in [-0.05, 0) is 19.1 Å². The topological polar surface area (TPSA) is 59.4 Å². The van der Waals surface area contributed by atoms with Crippen LogP contribution in [0.2, 0.25) is 0 Å². The van der Waals surface area contributed by atoms with Crippen molar-refractivity contribution in [1.29, 1.82) is 0 Å². The summed E-state index contributed by atoms with van der Waals surface area (Å²) in [6.07, 6.45) is -1.26. The molecule has 0 atom stereocenters. The van der Waals surface area contributed by atoms with E-state index in [1.165, 1.54) is 24.4 Å². The van der Waals surface area contributed by atoms with Crippen molar-refractivity contribution in [2.45, 2.75) is 20.0 Å². The zero-order valence-corrected chi connectivity index (χ0v) is 11.2. The molecular formula is C15H13F2NO3. The van der Waals surface area contributed by atoms with E-state index in [9.17, 15) is 13.6 Å². The van der Waals surface area contributed by atoms with E-state index in [1.807, 2.05) is 0 Å². The highest BCUT2D eigenvalue weighted by atomic mass is 19.3. The number of hydrogen-bond donors (Lipinski definition) is 1. The molecule has 2 rings (SSSR count). The molecule has 4 nitrogen and oxygen atoms in total. The minimum absolute atomic E-state index is 0.0370. The smallest absolute Gasteiger partial charge is 0.336 e. The van der Waals surface area contributed by atoms with Crippen molar-refractivity contribution < 1.29 is 23.4 Å². The Labute approximate surface area is 120 Å². The Bertz CT molecular complexity index is 659. The van der Waals surface area contributed by atoms with Crippen LogP contribution >= 0.6 is 0 Å². The molecule has 1 aromatic carbocycles. The van der Waals surface area contributed by atoms with E-state index in [4.69, 9.17) is 9.84 Å². The van der Waals surface area contributed by atoms with E-state index in [0.29, 0.717) is 0 Å². The molecule has 6 heteroatoms. The Morgan fingerprint density at radius 1 is 1.33 bits per heavy atom. The van der Waals surface area contributed by atoms with Gasteiger partial charge in [0, 0.05) is 22.9 Å². The number of aryl methyl sites for hydroxylation is 1. The number of alkyl halides is 2. The molecule has 2 aromatic rings. The summed E-state index contributed by atoms with van der Waals surface area (Å²) < 4.78 is 31.4. The summed E-state index contributed by atoms with van der Waals surface area (Å²) in [7, 11) is 0.